The maximum Gasteiger partial charge on any atom is 0.336 e. The van der Waals surface area contributed by atoms with E-state index < -0.39 is 5.97 Å². The van der Waals surface area contributed by atoms with E-state index in [9.17, 15) is 9.90 Å². The van der Waals surface area contributed by atoms with Gasteiger partial charge in [-0.05, 0) is 23.9 Å². The summed E-state index contributed by atoms with van der Waals surface area (Å²) >= 11 is 0. The lowest BCUT2D eigenvalue weighted by molar-refractivity contribution is 0.0696. The molecule has 0 saturated heterocycles. The molecule has 0 heterocycles. The average Bonchev–Trinajstić information content (AvgIpc) is 2.49. The third-order valence-electron chi connectivity index (χ3n) is 3.03. The number of carboxylic acids is 1. The molecule has 0 bridgehead atoms. The number of nitrogens with zero attached hydrogens (tertiary/aromatic N) is 3. The molecule has 0 aliphatic carbocycles. The Bertz CT molecular complexity index is 825. The normalized spacial score (nSPS) is 9.48. The highest BCUT2D eigenvalue weighted by Crippen LogP contribution is 2.30. The number of hydrogen-bond acceptors (Lipinski definition) is 5. The summed E-state index contributed by atoms with van der Waals surface area (Å²) < 4.78 is 0. The first-order valence-corrected chi connectivity index (χ1v) is 5.98. The molecule has 0 amide bonds. The number of anilines is 1. The SMILES string of the molecule is Cc1c(C(=O)O)cc2ccccc2c1NN=C(C#N)C#N. The zero-order valence-electron chi connectivity index (χ0n) is 11.1. The number of hydrazone groups is 1. The lowest BCUT2D eigenvalue weighted by Crippen LogP contribution is -2.05. The monoisotopic (exact) mass is 278 g/mol. The zero-order valence-corrected chi connectivity index (χ0v) is 11.1. The van der Waals surface area contributed by atoms with Crippen LogP contribution in [0.25, 0.3) is 10.8 Å². The highest BCUT2D eigenvalue weighted by Gasteiger charge is 2.14. The Balaban J connectivity index is 2.69. The fourth-order valence-corrected chi connectivity index (χ4v) is 2.00. The first kappa shape index (κ1) is 14.0. The summed E-state index contributed by atoms with van der Waals surface area (Å²) in [5.74, 6) is -1.05. The molecule has 102 valence electrons. The molecule has 2 N–H and O–H groups in total. The van der Waals surface area contributed by atoms with Crippen molar-refractivity contribution in [3.63, 3.8) is 0 Å². The van der Waals surface area contributed by atoms with Crippen molar-refractivity contribution in [2.75, 3.05) is 5.43 Å². The Morgan fingerprint density at radius 2 is 1.95 bits per heavy atom. The molecular formula is C15H10N4O2. The summed E-state index contributed by atoms with van der Waals surface area (Å²) in [6.07, 6.45) is 0. The van der Waals surface area contributed by atoms with Crippen LogP contribution in [0.5, 0.6) is 0 Å². The van der Waals surface area contributed by atoms with Gasteiger partial charge in [-0.25, -0.2) is 4.79 Å². The van der Waals surface area contributed by atoms with Gasteiger partial charge in [-0.2, -0.15) is 15.6 Å². The van der Waals surface area contributed by atoms with Gasteiger partial charge in [0.1, 0.15) is 12.1 Å². The zero-order chi connectivity index (χ0) is 15.4. The molecule has 0 aromatic heterocycles. The van der Waals surface area contributed by atoms with E-state index in [2.05, 4.69) is 10.5 Å². The topological polar surface area (TPSA) is 109 Å². The van der Waals surface area contributed by atoms with Gasteiger partial charge in [0, 0.05) is 5.39 Å². The number of carbonyl (C=O) groups is 1. The summed E-state index contributed by atoms with van der Waals surface area (Å²) in [5.41, 5.74) is 3.39. The maximum absolute atomic E-state index is 11.3. The molecule has 0 aliphatic heterocycles. The third-order valence-corrected chi connectivity index (χ3v) is 3.03. The van der Waals surface area contributed by atoms with E-state index in [1.807, 2.05) is 12.1 Å². The van der Waals surface area contributed by atoms with Gasteiger partial charge in [-0.15, -0.1) is 0 Å². The van der Waals surface area contributed by atoms with Crippen LogP contribution in [0.15, 0.2) is 35.4 Å². The Morgan fingerprint density at radius 1 is 1.29 bits per heavy atom. The van der Waals surface area contributed by atoms with Crippen LogP contribution in [0.2, 0.25) is 0 Å². The van der Waals surface area contributed by atoms with Crippen molar-refractivity contribution < 1.29 is 9.90 Å². The summed E-state index contributed by atoms with van der Waals surface area (Å²) in [4.78, 5) is 11.3. The van der Waals surface area contributed by atoms with Crippen LogP contribution in [0.1, 0.15) is 15.9 Å². The Hall–Kier alpha value is -3.38. The van der Waals surface area contributed by atoms with Gasteiger partial charge in [-0.1, -0.05) is 24.3 Å². The minimum atomic E-state index is -1.05. The Kier molecular flexibility index (Phi) is 3.83. The first-order valence-electron chi connectivity index (χ1n) is 5.98. The second-order valence-corrected chi connectivity index (χ2v) is 4.25. The lowest BCUT2D eigenvalue weighted by atomic mass is 9.99. The Morgan fingerprint density at radius 3 is 2.57 bits per heavy atom. The molecule has 0 atom stereocenters. The van der Waals surface area contributed by atoms with E-state index >= 15 is 0 Å². The first-order chi connectivity index (χ1) is 10.1. The number of fused-ring (bicyclic) bond motifs is 1. The van der Waals surface area contributed by atoms with Crippen molar-refractivity contribution in [1.29, 1.82) is 10.5 Å². The van der Waals surface area contributed by atoms with E-state index in [-0.39, 0.29) is 11.3 Å². The summed E-state index contributed by atoms with van der Waals surface area (Å²) in [6, 6.07) is 12.1. The van der Waals surface area contributed by atoms with Crippen LogP contribution in [-0.2, 0) is 0 Å². The van der Waals surface area contributed by atoms with E-state index in [1.54, 1.807) is 37.3 Å². The van der Waals surface area contributed by atoms with Gasteiger partial charge in [0.2, 0.25) is 5.71 Å². The number of benzene rings is 2. The van der Waals surface area contributed by atoms with Crippen molar-refractivity contribution in [1.82, 2.24) is 0 Å². The molecular weight excluding hydrogens is 268 g/mol. The fourth-order valence-electron chi connectivity index (χ4n) is 2.00. The van der Waals surface area contributed by atoms with Crippen molar-refractivity contribution in [2.24, 2.45) is 5.10 Å². The number of aromatic carboxylic acids is 1. The van der Waals surface area contributed by atoms with Crippen LogP contribution in [-0.4, -0.2) is 16.8 Å². The van der Waals surface area contributed by atoms with E-state index in [1.165, 1.54) is 0 Å². The van der Waals surface area contributed by atoms with Crippen LogP contribution >= 0.6 is 0 Å². The standard InChI is InChI=1S/C15H10N4O2/c1-9-13(15(20)21)6-10-4-2-3-5-12(10)14(9)19-18-11(7-16)8-17/h2-6,19H,1H3,(H,20,21). The third kappa shape index (κ3) is 2.65. The van der Waals surface area contributed by atoms with Crippen molar-refractivity contribution in [2.45, 2.75) is 6.92 Å². The van der Waals surface area contributed by atoms with Gasteiger partial charge in [0.05, 0.1) is 11.3 Å². The second-order valence-electron chi connectivity index (χ2n) is 4.25. The molecule has 2 rings (SSSR count). The highest BCUT2D eigenvalue weighted by molar-refractivity contribution is 6.11. The largest absolute Gasteiger partial charge is 0.478 e. The van der Waals surface area contributed by atoms with Crippen molar-refractivity contribution in [3.8, 4) is 12.1 Å². The average molecular weight is 278 g/mol. The van der Waals surface area contributed by atoms with E-state index in [4.69, 9.17) is 10.5 Å². The summed E-state index contributed by atoms with van der Waals surface area (Å²) in [5, 5.41) is 31.8. The van der Waals surface area contributed by atoms with Crippen molar-refractivity contribution >= 4 is 28.1 Å². The van der Waals surface area contributed by atoms with Crippen LogP contribution < -0.4 is 5.43 Å². The van der Waals surface area contributed by atoms with Crippen molar-refractivity contribution in [3.05, 3.63) is 41.5 Å². The predicted molar refractivity (Wildman–Crippen MR) is 77.9 cm³/mol. The summed E-state index contributed by atoms with van der Waals surface area (Å²) in [7, 11) is 0. The molecule has 6 heteroatoms. The number of nitriles is 2. The molecule has 0 aliphatic rings. The number of rotatable bonds is 3. The van der Waals surface area contributed by atoms with Gasteiger partial charge in [0.25, 0.3) is 0 Å². The van der Waals surface area contributed by atoms with Crippen LogP contribution in [0.4, 0.5) is 5.69 Å². The van der Waals surface area contributed by atoms with Gasteiger partial charge in [0.15, 0.2) is 0 Å². The van der Waals surface area contributed by atoms with E-state index in [0.717, 1.165) is 10.8 Å². The van der Waals surface area contributed by atoms with Gasteiger partial charge in [-0.3, -0.25) is 5.43 Å². The highest BCUT2D eigenvalue weighted by atomic mass is 16.4. The minimum absolute atomic E-state index is 0.141. The smallest absolute Gasteiger partial charge is 0.336 e. The number of carboxylic acid groups (broad SMARTS) is 1. The quantitative estimate of drug-likeness (QED) is 0.662. The molecule has 0 spiro atoms. The van der Waals surface area contributed by atoms with Crippen LogP contribution in [0.3, 0.4) is 0 Å². The molecule has 2 aromatic rings. The molecule has 0 fully saturated rings. The Labute approximate surface area is 120 Å². The van der Waals surface area contributed by atoms with Gasteiger partial charge >= 0.3 is 5.97 Å². The van der Waals surface area contributed by atoms with Crippen LogP contribution in [0, 0.1) is 29.6 Å². The number of hydrogen-bond donors (Lipinski definition) is 2. The predicted octanol–water partition coefficient (Wildman–Crippen LogP) is 2.66. The molecule has 6 nitrogen and oxygen atoms in total. The van der Waals surface area contributed by atoms with Gasteiger partial charge < -0.3 is 5.11 Å². The fraction of sp³-hybridized carbons (Fsp3) is 0.0667. The minimum Gasteiger partial charge on any atom is -0.478 e. The number of nitrogens with one attached hydrogen (secondary N) is 1. The lowest BCUT2D eigenvalue weighted by Gasteiger charge is -2.12. The van der Waals surface area contributed by atoms with E-state index in [0.29, 0.717) is 11.3 Å². The molecule has 0 unspecified atom stereocenters. The maximum atomic E-state index is 11.3. The molecule has 2 aromatic carbocycles. The second kappa shape index (κ2) is 5.72. The molecule has 0 saturated carbocycles. The molecule has 0 radical (unpaired) electrons. The molecule has 21 heavy (non-hydrogen) atoms. The summed E-state index contributed by atoms with van der Waals surface area (Å²) in [6.45, 7) is 1.65.